The smallest absolute Gasteiger partial charge is 0.387 e. The number of benzene rings is 2. The third-order valence-corrected chi connectivity index (χ3v) is 3.76. The molecule has 0 heterocycles. The lowest BCUT2D eigenvalue weighted by molar-refractivity contribution is -0.112. The molecule has 2 aromatic rings. The zero-order chi connectivity index (χ0) is 19.3. The Hall–Kier alpha value is -3.20. The van der Waals surface area contributed by atoms with Gasteiger partial charge in [0.05, 0.1) is 0 Å². The van der Waals surface area contributed by atoms with E-state index in [4.69, 9.17) is 0 Å². The van der Waals surface area contributed by atoms with Crippen molar-refractivity contribution in [2.75, 3.05) is 5.32 Å². The molecule has 0 aromatic heterocycles. The van der Waals surface area contributed by atoms with Gasteiger partial charge in [0.15, 0.2) is 0 Å². The third-order valence-electron chi connectivity index (χ3n) is 3.76. The molecule has 134 valence electrons. The number of hydrogen-bond acceptors (Lipinski definition) is 3. The first-order chi connectivity index (χ1) is 12.3. The van der Waals surface area contributed by atoms with Crippen molar-refractivity contribution in [2.24, 2.45) is 0 Å². The summed E-state index contributed by atoms with van der Waals surface area (Å²) in [5.41, 5.74) is 2.94. The standard InChI is InChI=1S/C20H18F2N2O2/c1-12-6-4-5-7-17(12)24-19(25)16(11-23)10-15-8-13(2)18(14(3)9-15)26-20(21)22/h4-10,20H,1-3H3,(H,24,25)/b16-10+. The van der Waals surface area contributed by atoms with Crippen LogP contribution in [0.25, 0.3) is 6.08 Å². The van der Waals surface area contributed by atoms with Gasteiger partial charge in [-0.15, -0.1) is 0 Å². The maximum atomic E-state index is 12.5. The van der Waals surface area contributed by atoms with Gasteiger partial charge in [0.2, 0.25) is 0 Å². The van der Waals surface area contributed by atoms with Crippen molar-refractivity contribution in [1.82, 2.24) is 0 Å². The molecule has 0 spiro atoms. The Kier molecular flexibility index (Phi) is 6.07. The number of anilines is 1. The van der Waals surface area contributed by atoms with Crippen LogP contribution in [0.1, 0.15) is 22.3 Å². The number of amides is 1. The second-order valence-corrected chi connectivity index (χ2v) is 5.80. The SMILES string of the molecule is Cc1ccccc1NC(=O)/C(C#N)=C/c1cc(C)c(OC(F)F)c(C)c1. The Balaban J connectivity index is 2.30. The highest BCUT2D eigenvalue weighted by atomic mass is 19.3. The van der Waals surface area contributed by atoms with Crippen LogP contribution in [-0.2, 0) is 4.79 Å². The van der Waals surface area contributed by atoms with Gasteiger partial charge in [-0.2, -0.15) is 14.0 Å². The second-order valence-electron chi connectivity index (χ2n) is 5.80. The summed E-state index contributed by atoms with van der Waals surface area (Å²) in [5, 5.41) is 12.0. The van der Waals surface area contributed by atoms with Gasteiger partial charge in [0.1, 0.15) is 17.4 Å². The average molecular weight is 356 g/mol. The van der Waals surface area contributed by atoms with E-state index in [1.807, 2.05) is 25.1 Å². The highest BCUT2D eigenvalue weighted by Crippen LogP contribution is 2.27. The van der Waals surface area contributed by atoms with Crippen molar-refractivity contribution < 1.29 is 18.3 Å². The number of rotatable bonds is 5. The van der Waals surface area contributed by atoms with E-state index >= 15 is 0 Å². The summed E-state index contributed by atoms with van der Waals surface area (Å²) < 4.78 is 29.4. The van der Waals surface area contributed by atoms with Crippen LogP contribution in [0.5, 0.6) is 5.75 Å². The van der Waals surface area contributed by atoms with Gasteiger partial charge in [0, 0.05) is 5.69 Å². The molecule has 6 heteroatoms. The molecule has 0 saturated carbocycles. The fraction of sp³-hybridized carbons (Fsp3) is 0.200. The summed E-state index contributed by atoms with van der Waals surface area (Å²) >= 11 is 0. The van der Waals surface area contributed by atoms with Crippen molar-refractivity contribution >= 4 is 17.7 Å². The quantitative estimate of drug-likeness (QED) is 0.621. The number of halogens is 2. The maximum Gasteiger partial charge on any atom is 0.387 e. The number of nitrogens with one attached hydrogen (secondary N) is 1. The molecule has 0 aliphatic rings. The Morgan fingerprint density at radius 3 is 2.31 bits per heavy atom. The van der Waals surface area contributed by atoms with Crippen LogP contribution in [0, 0.1) is 32.1 Å². The zero-order valence-corrected chi connectivity index (χ0v) is 14.6. The average Bonchev–Trinajstić information content (AvgIpc) is 2.57. The minimum Gasteiger partial charge on any atom is -0.434 e. The fourth-order valence-corrected chi connectivity index (χ4v) is 2.56. The summed E-state index contributed by atoms with van der Waals surface area (Å²) in [6.45, 7) is 2.19. The molecule has 2 aromatic carbocycles. The van der Waals surface area contributed by atoms with Crippen LogP contribution in [0.3, 0.4) is 0 Å². The molecule has 0 bridgehead atoms. The minimum atomic E-state index is -2.91. The largest absolute Gasteiger partial charge is 0.434 e. The number of ether oxygens (including phenoxy) is 1. The van der Waals surface area contributed by atoms with Crippen molar-refractivity contribution in [3.05, 3.63) is 64.2 Å². The van der Waals surface area contributed by atoms with Crippen LogP contribution >= 0.6 is 0 Å². The fourth-order valence-electron chi connectivity index (χ4n) is 2.56. The molecule has 0 unspecified atom stereocenters. The normalized spacial score (nSPS) is 11.2. The monoisotopic (exact) mass is 356 g/mol. The van der Waals surface area contributed by atoms with Crippen LogP contribution in [-0.4, -0.2) is 12.5 Å². The van der Waals surface area contributed by atoms with Gasteiger partial charge in [-0.25, -0.2) is 0 Å². The van der Waals surface area contributed by atoms with Crippen LogP contribution in [0.2, 0.25) is 0 Å². The highest BCUT2D eigenvalue weighted by molar-refractivity contribution is 6.10. The molecule has 0 aliphatic heterocycles. The lowest BCUT2D eigenvalue weighted by Crippen LogP contribution is -2.14. The Morgan fingerprint density at radius 1 is 1.15 bits per heavy atom. The van der Waals surface area contributed by atoms with Crippen LogP contribution < -0.4 is 10.1 Å². The topological polar surface area (TPSA) is 62.1 Å². The first-order valence-electron chi connectivity index (χ1n) is 7.86. The summed E-state index contributed by atoms with van der Waals surface area (Å²) in [6, 6.07) is 12.3. The van der Waals surface area contributed by atoms with Gasteiger partial charge in [0.25, 0.3) is 5.91 Å². The van der Waals surface area contributed by atoms with Gasteiger partial charge >= 0.3 is 6.61 Å². The number of hydrogen-bond donors (Lipinski definition) is 1. The van der Waals surface area contributed by atoms with E-state index in [2.05, 4.69) is 10.1 Å². The maximum absolute atomic E-state index is 12.5. The summed E-state index contributed by atoms with van der Waals surface area (Å²) in [4.78, 5) is 12.4. The molecular formula is C20H18F2N2O2. The van der Waals surface area contributed by atoms with E-state index in [9.17, 15) is 18.8 Å². The Morgan fingerprint density at radius 2 is 1.77 bits per heavy atom. The van der Waals surface area contributed by atoms with Gasteiger partial charge in [-0.05, 0) is 67.3 Å². The molecule has 4 nitrogen and oxygen atoms in total. The first kappa shape index (κ1) is 19.1. The lowest BCUT2D eigenvalue weighted by Gasteiger charge is -2.12. The number of carbonyl (C=O) groups excluding carboxylic acids is 1. The Labute approximate surface area is 150 Å². The van der Waals surface area contributed by atoms with Crippen molar-refractivity contribution in [3.63, 3.8) is 0 Å². The van der Waals surface area contributed by atoms with Crippen molar-refractivity contribution in [1.29, 1.82) is 5.26 Å². The molecule has 1 amide bonds. The van der Waals surface area contributed by atoms with E-state index in [0.717, 1.165) is 5.56 Å². The predicted octanol–water partition coefficient (Wildman–Crippen LogP) is 4.76. The molecule has 0 fully saturated rings. The number of aryl methyl sites for hydroxylation is 3. The molecule has 2 rings (SSSR count). The number of para-hydroxylation sites is 1. The van der Waals surface area contributed by atoms with E-state index in [-0.39, 0.29) is 11.3 Å². The summed E-state index contributed by atoms with van der Waals surface area (Å²) in [6.07, 6.45) is 1.42. The van der Waals surface area contributed by atoms with E-state index in [1.165, 1.54) is 6.08 Å². The summed E-state index contributed by atoms with van der Waals surface area (Å²) in [5.74, 6) is -0.440. The second kappa shape index (κ2) is 8.26. The summed E-state index contributed by atoms with van der Waals surface area (Å²) in [7, 11) is 0. The molecule has 1 N–H and O–H groups in total. The predicted molar refractivity (Wildman–Crippen MR) is 95.9 cm³/mol. The number of nitrogens with zero attached hydrogens (tertiary/aromatic N) is 1. The molecular weight excluding hydrogens is 338 g/mol. The van der Waals surface area contributed by atoms with E-state index < -0.39 is 12.5 Å². The molecule has 26 heavy (non-hydrogen) atoms. The van der Waals surface area contributed by atoms with Crippen molar-refractivity contribution in [2.45, 2.75) is 27.4 Å². The van der Waals surface area contributed by atoms with Gasteiger partial charge in [-0.3, -0.25) is 4.79 Å². The van der Waals surface area contributed by atoms with E-state index in [0.29, 0.717) is 22.4 Å². The molecule has 0 aliphatic carbocycles. The molecule has 0 radical (unpaired) electrons. The minimum absolute atomic E-state index is 0.0884. The third kappa shape index (κ3) is 4.67. The lowest BCUT2D eigenvalue weighted by atomic mass is 10.0. The highest BCUT2D eigenvalue weighted by Gasteiger charge is 2.14. The van der Waals surface area contributed by atoms with Crippen molar-refractivity contribution in [3.8, 4) is 11.8 Å². The van der Waals surface area contributed by atoms with E-state index in [1.54, 1.807) is 38.1 Å². The van der Waals surface area contributed by atoms with Crippen LogP contribution in [0.15, 0.2) is 42.0 Å². The first-order valence-corrected chi connectivity index (χ1v) is 7.86. The van der Waals surface area contributed by atoms with Gasteiger partial charge in [-0.1, -0.05) is 18.2 Å². The zero-order valence-electron chi connectivity index (χ0n) is 14.6. The van der Waals surface area contributed by atoms with Crippen LogP contribution in [0.4, 0.5) is 14.5 Å². The molecule has 0 atom stereocenters. The number of nitriles is 1. The Bertz CT molecular complexity index is 876. The number of carbonyl (C=O) groups is 1. The van der Waals surface area contributed by atoms with Gasteiger partial charge < -0.3 is 10.1 Å². The molecule has 0 saturated heterocycles. The number of alkyl halides is 2.